The molecule has 1 aliphatic rings. The Bertz CT molecular complexity index is 283. The minimum atomic E-state index is -4.54. The van der Waals surface area contributed by atoms with E-state index in [-0.39, 0.29) is 12.1 Å². The summed E-state index contributed by atoms with van der Waals surface area (Å²) in [5.41, 5.74) is 5.03. The van der Waals surface area contributed by atoms with E-state index >= 15 is 0 Å². The van der Waals surface area contributed by atoms with Crippen LogP contribution in [0.25, 0.3) is 0 Å². The van der Waals surface area contributed by atoms with Crippen LogP contribution in [0.2, 0.25) is 0 Å². The molecule has 0 amide bonds. The number of hydrogen-bond donors (Lipinski definition) is 3. The van der Waals surface area contributed by atoms with Crippen LogP contribution in [0.15, 0.2) is 5.16 Å². The molecule has 0 spiro atoms. The van der Waals surface area contributed by atoms with Gasteiger partial charge in [-0.1, -0.05) is 5.16 Å². The van der Waals surface area contributed by atoms with Gasteiger partial charge < -0.3 is 21.0 Å². The van der Waals surface area contributed by atoms with Gasteiger partial charge in [0.25, 0.3) is 0 Å². The van der Waals surface area contributed by atoms with Crippen molar-refractivity contribution in [2.24, 2.45) is 16.8 Å². The fourth-order valence-corrected chi connectivity index (χ4v) is 1.73. The molecule has 0 aromatic carbocycles. The van der Waals surface area contributed by atoms with Crippen molar-refractivity contribution in [3.8, 4) is 0 Å². The van der Waals surface area contributed by atoms with Crippen LogP contribution in [0, 0.1) is 5.92 Å². The van der Waals surface area contributed by atoms with Crippen LogP contribution in [0.5, 0.6) is 0 Å². The average molecular weight is 255 g/mol. The molecule has 0 aromatic heterocycles. The zero-order valence-corrected chi connectivity index (χ0v) is 9.37. The van der Waals surface area contributed by atoms with E-state index in [9.17, 15) is 13.2 Å². The van der Waals surface area contributed by atoms with Crippen LogP contribution in [0.4, 0.5) is 13.2 Å². The number of oxime groups is 1. The highest BCUT2D eigenvalue weighted by molar-refractivity contribution is 5.83. The van der Waals surface area contributed by atoms with Crippen molar-refractivity contribution >= 4 is 5.84 Å². The van der Waals surface area contributed by atoms with Crippen LogP contribution in [-0.2, 0) is 4.74 Å². The first kappa shape index (κ1) is 14.0. The lowest BCUT2D eigenvalue weighted by Gasteiger charge is -2.22. The van der Waals surface area contributed by atoms with Crippen LogP contribution in [0.1, 0.15) is 13.3 Å². The second kappa shape index (κ2) is 5.54. The number of halogens is 3. The number of nitrogens with two attached hydrogens (primary N) is 1. The Balaban J connectivity index is 2.56. The highest BCUT2D eigenvalue weighted by Gasteiger charge is 2.43. The highest BCUT2D eigenvalue weighted by Crippen LogP contribution is 2.26. The monoisotopic (exact) mass is 255 g/mol. The van der Waals surface area contributed by atoms with Gasteiger partial charge in [-0.05, 0) is 13.3 Å². The van der Waals surface area contributed by atoms with Gasteiger partial charge in [0.15, 0.2) is 5.84 Å². The summed E-state index contributed by atoms with van der Waals surface area (Å²) in [6.45, 7) is 1.90. The van der Waals surface area contributed by atoms with Crippen LogP contribution in [0.3, 0.4) is 0 Å². The summed E-state index contributed by atoms with van der Waals surface area (Å²) in [5.74, 6) is -2.82. The molecule has 5 nitrogen and oxygen atoms in total. The lowest BCUT2D eigenvalue weighted by molar-refractivity contribution is -0.155. The van der Waals surface area contributed by atoms with Gasteiger partial charge >= 0.3 is 6.18 Å². The van der Waals surface area contributed by atoms with Crippen molar-refractivity contribution in [2.45, 2.75) is 31.7 Å². The summed E-state index contributed by atoms with van der Waals surface area (Å²) in [4.78, 5) is 0. The van der Waals surface area contributed by atoms with E-state index in [0.29, 0.717) is 13.0 Å². The van der Waals surface area contributed by atoms with Crippen molar-refractivity contribution < 1.29 is 23.1 Å². The number of nitrogens with zero attached hydrogens (tertiary/aromatic N) is 1. The molecule has 0 bridgehead atoms. The number of rotatable bonds is 4. The lowest BCUT2D eigenvalue weighted by Crippen LogP contribution is -2.46. The Morgan fingerprint density at radius 1 is 1.65 bits per heavy atom. The van der Waals surface area contributed by atoms with Crippen LogP contribution in [-0.4, -0.2) is 42.5 Å². The van der Waals surface area contributed by atoms with Crippen molar-refractivity contribution in [3.63, 3.8) is 0 Å². The Kier molecular flexibility index (Phi) is 4.58. The van der Waals surface area contributed by atoms with E-state index in [2.05, 4.69) is 10.5 Å². The Hall–Kier alpha value is -1.02. The molecule has 0 radical (unpaired) electrons. The molecule has 4 N–H and O–H groups in total. The molecule has 100 valence electrons. The number of nitrogens with one attached hydrogen (secondary N) is 1. The number of alkyl halides is 3. The molecule has 1 fully saturated rings. The predicted molar refractivity (Wildman–Crippen MR) is 54.8 cm³/mol. The third-order valence-corrected chi connectivity index (χ3v) is 2.83. The van der Waals surface area contributed by atoms with Crippen molar-refractivity contribution in [2.75, 3.05) is 13.2 Å². The van der Waals surface area contributed by atoms with Crippen LogP contribution >= 0.6 is 0 Å². The summed E-state index contributed by atoms with van der Waals surface area (Å²) in [7, 11) is 0. The Labute approximate surface area is 96.8 Å². The summed E-state index contributed by atoms with van der Waals surface area (Å²) < 4.78 is 43.0. The fraction of sp³-hybridized carbons (Fsp3) is 0.889. The maximum absolute atomic E-state index is 12.6. The standard InChI is InChI=1S/C9H16F3N3O2/c1-5-7(2-3-17-5)14-4-6(8(13)15-16)9(10,11)12/h5-7,14,16H,2-4H2,1H3,(H2,13,15). The lowest BCUT2D eigenvalue weighted by atomic mass is 10.1. The van der Waals surface area contributed by atoms with E-state index in [0.717, 1.165) is 0 Å². The van der Waals surface area contributed by atoms with Gasteiger partial charge in [-0.15, -0.1) is 0 Å². The predicted octanol–water partition coefficient (Wildman–Crippen LogP) is 0.678. The minimum absolute atomic E-state index is 0.129. The highest BCUT2D eigenvalue weighted by atomic mass is 19.4. The molecule has 0 saturated carbocycles. The topological polar surface area (TPSA) is 79.9 Å². The summed E-state index contributed by atoms with van der Waals surface area (Å²) in [6, 6.07) is -0.133. The quantitative estimate of drug-likeness (QED) is 0.299. The molecule has 0 aromatic rings. The SMILES string of the molecule is CC1OCCC1NCC(C(N)=NO)C(F)(F)F. The Morgan fingerprint density at radius 2 is 2.29 bits per heavy atom. The van der Waals surface area contributed by atoms with Gasteiger partial charge in [0.2, 0.25) is 0 Å². The molecular formula is C9H16F3N3O2. The number of ether oxygens (including phenoxy) is 1. The molecule has 3 unspecified atom stereocenters. The maximum Gasteiger partial charge on any atom is 0.400 e. The van der Waals surface area contributed by atoms with E-state index < -0.39 is 24.5 Å². The molecule has 3 atom stereocenters. The fourth-order valence-electron chi connectivity index (χ4n) is 1.73. The zero-order chi connectivity index (χ0) is 13.1. The Morgan fingerprint density at radius 3 is 2.71 bits per heavy atom. The third kappa shape index (κ3) is 3.74. The van der Waals surface area contributed by atoms with Gasteiger partial charge in [0, 0.05) is 19.2 Å². The zero-order valence-electron chi connectivity index (χ0n) is 9.37. The molecular weight excluding hydrogens is 239 g/mol. The van der Waals surface area contributed by atoms with Crippen LogP contribution < -0.4 is 11.1 Å². The second-order valence-electron chi connectivity index (χ2n) is 4.00. The summed E-state index contributed by atoms with van der Waals surface area (Å²) in [6.07, 6.45) is -4.01. The molecule has 1 saturated heterocycles. The first-order valence-corrected chi connectivity index (χ1v) is 5.25. The maximum atomic E-state index is 12.6. The first-order chi connectivity index (χ1) is 7.86. The normalized spacial score (nSPS) is 28.4. The van der Waals surface area contributed by atoms with Gasteiger partial charge in [-0.3, -0.25) is 0 Å². The van der Waals surface area contributed by atoms with E-state index in [4.69, 9.17) is 15.7 Å². The van der Waals surface area contributed by atoms with Gasteiger partial charge in [0.1, 0.15) is 5.92 Å². The molecule has 0 aliphatic carbocycles. The van der Waals surface area contributed by atoms with Gasteiger partial charge in [0.05, 0.1) is 6.10 Å². The third-order valence-electron chi connectivity index (χ3n) is 2.83. The van der Waals surface area contributed by atoms with Gasteiger partial charge in [-0.2, -0.15) is 13.2 Å². The number of hydrogen-bond acceptors (Lipinski definition) is 4. The molecule has 8 heteroatoms. The first-order valence-electron chi connectivity index (χ1n) is 5.25. The van der Waals surface area contributed by atoms with E-state index in [1.54, 1.807) is 6.92 Å². The van der Waals surface area contributed by atoms with Crippen molar-refractivity contribution in [1.29, 1.82) is 0 Å². The van der Waals surface area contributed by atoms with Crippen molar-refractivity contribution in [3.05, 3.63) is 0 Å². The van der Waals surface area contributed by atoms with Gasteiger partial charge in [-0.25, -0.2) is 0 Å². The van der Waals surface area contributed by atoms with Crippen molar-refractivity contribution in [1.82, 2.24) is 5.32 Å². The minimum Gasteiger partial charge on any atom is -0.409 e. The smallest absolute Gasteiger partial charge is 0.400 e. The van der Waals surface area contributed by atoms with E-state index in [1.807, 2.05) is 0 Å². The summed E-state index contributed by atoms with van der Waals surface area (Å²) in [5, 5.41) is 13.5. The average Bonchev–Trinajstić information content (AvgIpc) is 2.62. The largest absolute Gasteiger partial charge is 0.409 e. The van der Waals surface area contributed by atoms with E-state index in [1.165, 1.54) is 0 Å². The second-order valence-corrected chi connectivity index (χ2v) is 4.00. The number of amidine groups is 1. The molecule has 1 rings (SSSR count). The molecule has 1 aliphatic heterocycles. The molecule has 17 heavy (non-hydrogen) atoms. The summed E-state index contributed by atoms with van der Waals surface area (Å²) >= 11 is 0. The molecule has 1 heterocycles.